The minimum Gasteiger partial charge on any atom is -0.392 e. The second-order valence-corrected chi connectivity index (χ2v) is 2.53. The zero-order valence-electron chi connectivity index (χ0n) is 6.31. The highest BCUT2D eigenvalue weighted by molar-refractivity contribution is 5.01. The van der Waals surface area contributed by atoms with Crippen molar-refractivity contribution in [1.29, 1.82) is 0 Å². The van der Waals surface area contributed by atoms with Crippen LogP contribution >= 0.6 is 0 Å². The normalized spacial score (nSPS) is 12.6. The van der Waals surface area contributed by atoms with Crippen molar-refractivity contribution in [2.75, 3.05) is 0 Å². The molecule has 0 saturated carbocycles. The average Bonchev–Trinajstić information content (AvgIpc) is 1.63. The van der Waals surface area contributed by atoms with Gasteiger partial charge in [-0.1, -0.05) is 13.8 Å². The SMILES string of the molecule is CC(C)C#CC[C@H](C)O. The predicted octanol–water partition coefficient (Wildman–Crippen LogP) is 1.42. The molecule has 0 aromatic rings. The third-order valence-electron chi connectivity index (χ3n) is 0.788. The molecule has 1 nitrogen and oxygen atoms in total. The lowest BCUT2D eigenvalue weighted by Gasteiger charge is -1.93. The summed E-state index contributed by atoms with van der Waals surface area (Å²) in [7, 11) is 0. The van der Waals surface area contributed by atoms with Gasteiger partial charge in [-0.2, -0.15) is 0 Å². The summed E-state index contributed by atoms with van der Waals surface area (Å²) >= 11 is 0. The lowest BCUT2D eigenvalue weighted by Crippen LogP contribution is -1.96. The van der Waals surface area contributed by atoms with Crippen molar-refractivity contribution in [3.63, 3.8) is 0 Å². The monoisotopic (exact) mass is 126 g/mol. The fourth-order valence-electron chi connectivity index (χ4n) is 0.411. The van der Waals surface area contributed by atoms with Gasteiger partial charge in [-0.25, -0.2) is 0 Å². The molecule has 1 heteroatoms. The van der Waals surface area contributed by atoms with Crippen LogP contribution in [0, 0.1) is 17.8 Å². The van der Waals surface area contributed by atoms with Crippen LogP contribution in [0.25, 0.3) is 0 Å². The molecule has 0 saturated heterocycles. The van der Waals surface area contributed by atoms with E-state index in [-0.39, 0.29) is 6.10 Å². The second kappa shape index (κ2) is 4.40. The van der Waals surface area contributed by atoms with E-state index in [1.54, 1.807) is 6.92 Å². The summed E-state index contributed by atoms with van der Waals surface area (Å²) in [5, 5.41) is 8.76. The van der Waals surface area contributed by atoms with E-state index in [4.69, 9.17) is 5.11 Å². The van der Waals surface area contributed by atoms with Gasteiger partial charge in [-0.3, -0.25) is 0 Å². The smallest absolute Gasteiger partial charge is 0.0621 e. The lowest BCUT2D eigenvalue weighted by molar-refractivity contribution is 0.201. The van der Waals surface area contributed by atoms with E-state index in [1.807, 2.05) is 13.8 Å². The zero-order chi connectivity index (χ0) is 7.28. The van der Waals surface area contributed by atoms with E-state index in [2.05, 4.69) is 11.8 Å². The molecule has 0 bridgehead atoms. The second-order valence-electron chi connectivity index (χ2n) is 2.53. The number of rotatable bonds is 1. The molecule has 0 unspecified atom stereocenters. The van der Waals surface area contributed by atoms with Gasteiger partial charge >= 0.3 is 0 Å². The van der Waals surface area contributed by atoms with Gasteiger partial charge in [-0.05, 0) is 6.92 Å². The number of aliphatic hydroxyl groups excluding tert-OH is 1. The van der Waals surface area contributed by atoms with Crippen LogP contribution in [-0.2, 0) is 0 Å². The van der Waals surface area contributed by atoms with Crippen LogP contribution in [0.15, 0.2) is 0 Å². The van der Waals surface area contributed by atoms with Crippen molar-refractivity contribution in [2.45, 2.75) is 33.3 Å². The Morgan fingerprint density at radius 2 is 1.89 bits per heavy atom. The van der Waals surface area contributed by atoms with Gasteiger partial charge < -0.3 is 5.11 Å². The third-order valence-corrected chi connectivity index (χ3v) is 0.788. The molecule has 0 fully saturated rings. The molecule has 0 aliphatic heterocycles. The molecule has 9 heavy (non-hydrogen) atoms. The summed E-state index contributed by atoms with van der Waals surface area (Å²) < 4.78 is 0. The fraction of sp³-hybridized carbons (Fsp3) is 0.750. The molecule has 0 rings (SSSR count). The Morgan fingerprint density at radius 3 is 2.22 bits per heavy atom. The molecule has 0 aromatic heterocycles. The van der Waals surface area contributed by atoms with Gasteiger partial charge in [0.25, 0.3) is 0 Å². The van der Waals surface area contributed by atoms with Crippen LogP contribution in [0.3, 0.4) is 0 Å². The van der Waals surface area contributed by atoms with Crippen molar-refractivity contribution in [3.05, 3.63) is 0 Å². The fourth-order valence-corrected chi connectivity index (χ4v) is 0.411. The summed E-state index contributed by atoms with van der Waals surface area (Å²) in [5.41, 5.74) is 0. The van der Waals surface area contributed by atoms with Crippen LogP contribution in [0.5, 0.6) is 0 Å². The molecule has 0 aliphatic carbocycles. The van der Waals surface area contributed by atoms with Crippen molar-refractivity contribution < 1.29 is 5.11 Å². The zero-order valence-corrected chi connectivity index (χ0v) is 6.31. The largest absolute Gasteiger partial charge is 0.392 e. The van der Waals surface area contributed by atoms with Gasteiger partial charge in [-0.15, -0.1) is 11.8 Å². The van der Waals surface area contributed by atoms with Crippen LogP contribution < -0.4 is 0 Å². The predicted molar refractivity (Wildman–Crippen MR) is 38.9 cm³/mol. The Hall–Kier alpha value is -0.480. The summed E-state index contributed by atoms with van der Waals surface area (Å²) in [6.45, 7) is 5.82. The van der Waals surface area contributed by atoms with Gasteiger partial charge in [0, 0.05) is 12.3 Å². The Balaban J connectivity index is 3.38. The first-order valence-corrected chi connectivity index (χ1v) is 3.29. The molecule has 0 aromatic carbocycles. The summed E-state index contributed by atoms with van der Waals surface area (Å²) in [5.74, 6) is 6.27. The quantitative estimate of drug-likeness (QED) is 0.527. The average molecular weight is 126 g/mol. The Labute approximate surface area is 57.1 Å². The molecule has 1 N–H and O–H groups in total. The van der Waals surface area contributed by atoms with Crippen molar-refractivity contribution >= 4 is 0 Å². The standard InChI is InChI=1S/C8H14O/c1-7(2)5-4-6-8(3)9/h7-9H,6H2,1-3H3/t8-/m0/s1. The Bertz CT molecular complexity index is 114. The van der Waals surface area contributed by atoms with Crippen LogP contribution in [0.1, 0.15) is 27.2 Å². The highest BCUT2D eigenvalue weighted by Gasteiger charge is 1.88. The highest BCUT2D eigenvalue weighted by atomic mass is 16.3. The van der Waals surface area contributed by atoms with Gasteiger partial charge in [0.05, 0.1) is 6.10 Å². The highest BCUT2D eigenvalue weighted by Crippen LogP contribution is 1.89. The minimum atomic E-state index is -0.281. The van der Waals surface area contributed by atoms with Crippen molar-refractivity contribution in [2.24, 2.45) is 5.92 Å². The summed E-state index contributed by atoms with van der Waals surface area (Å²) in [6, 6.07) is 0. The maximum atomic E-state index is 8.76. The molecule has 52 valence electrons. The maximum Gasteiger partial charge on any atom is 0.0621 e. The summed E-state index contributed by atoms with van der Waals surface area (Å²) in [4.78, 5) is 0. The van der Waals surface area contributed by atoms with E-state index in [1.165, 1.54) is 0 Å². The molecule has 0 aliphatic rings. The lowest BCUT2D eigenvalue weighted by atomic mass is 10.2. The van der Waals surface area contributed by atoms with E-state index in [0.717, 1.165) is 0 Å². The first-order valence-electron chi connectivity index (χ1n) is 3.29. The van der Waals surface area contributed by atoms with Crippen LogP contribution in [0.2, 0.25) is 0 Å². The topological polar surface area (TPSA) is 20.2 Å². The molecule has 0 spiro atoms. The van der Waals surface area contributed by atoms with Crippen molar-refractivity contribution in [3.8, 4) is 11.8 Å². The van der Waals surface area contributed by atoms with E-state index >= 15 is 0 Å². The molecule has 1 atom stereocenters. The maximum absolute atomic E-state index is 8.76. The molecule has 0 heterocycles. The number of hydrogen-bond acceptors (Lipinski definition) is 1. The van der Waals surface area contributed by atoms with Gasteiger partial charge in [0.15, 0.2) is 0 Å². The van der Waals surface area contributed by atoms with Crippen molar-refractivity contribution in [1.82, 2.24) is 0 Å². The third kappa shape index (κ3) is 7.52. The summed E-state index contributed by atoms with van der Waals surface area (Å²) in [6.07, 6.45) is 0.314. The van der Waals surface area contributed by atoms with Crippen LogP contribution in [0.4, 0.5) is 0 Å². The number of aliphatic hydroxyl groups is 1. The first-order chi connectivity index (χ1) is 4.13. The molecular formula is C8H14O. The van der Waals surface area contributed by atoms with Crippen LogP contribution in [-0.4, -0.2) is 11.2 Å². The first kappa shape index (κ1) is 8.52. The molecular weight excluding hydrogens is 112 g/mol. The number of hydrogen-bond donors (Lipinski definition) is 1. The molecule has 0 radical (unpaired) electrons. The Morgan fingerprint density at radius 1 is 1.33 bits per heavy atom. The van der Waals surface area contributed by atoms with Gasteiger partial charge in [0.2, 0.25) is 0 Å². The van der Waals surface area contributed by atoms with E-state index in [0.29, 0.717) is 12.3 Å². The molecule has 0 amide bonds. The van der Waals surface area contributed by atoms with E-state index < -0.39 is 0 Å². The Kier molecular flexibility index (Phi) is 4.17. The van der Waals surface area contributed by atoms with Gasteiger partial charge in [0.1, 0.15) is 0 Å². The minimum absolute atomic E-state index is 0.281. The van der Waals surface area contributed by atoms with E-state index in [9.17, 15) is 0 Å².